The molecule has 75 heavy (non-hydrogen) atoms. The minimum atomic E-state index is -0.349. The van der Waals surface area contributed by atoms with Gasteiger partial charge in [-0.05, 0) is 74.3 Å². The number of nitrogens with two attached hydrogens (primary N) is 1. The van der Waals surface area contributed by atoms with Gasteiger partial charge in [0, 0.05) is 64.5 Å². The molecule has 14 nitrogen and oxygen atoms in total. The molecule has 0 radical (unpaired) electrons. The van der Waals surface area contributed by atoms with Gasteiger partial charge in [-0.1, -0.05) is 132 Å². The molecule has 0 bridgehead atoms. The molecule has 17 heteroatoms. The molecule has 6 N–H and O–H groups in total. The van der Waals surface area contributed by atoms with E-state index in [2.05, 4.69) is 153 Å². The fourth-order valence-electron chi connectivity index (χ4n) is 10.2. The van der Waals surface area contributed by atoms with Gasteiger partial charge in [0.05, 0.1) is 45.9 Å². The van der Waals surface area contributed by atoms with Crippen LogP contribution in [0.15, 0.2) is 155 Å². The summed E-state index contributed by atoms with van der Waals surface area (Å²) in [6, 6.07) is 49.0. The standard InChI is InChI=1S/C29H31FN6OS.C29H29FN6O/c1-19-27(20(2)37-34-19)33-29(38)32-25-17-23(30)26(18-24(25)31)35-13-15-36(16-14-35)28(21-9-5-3-6-10-21)22-11-7-4-8-12-22;1-19-27(20(2)37-34-19)33-29-31-24-17-23(30)26(18-25(24)32-29)35-13-15-36(16-14-35)28(21-9-5-3-6-10-21)22-11-7-4-8-12-22/h3-12,17-18,28H,13-16,31H2,1-2H3,(H2,32,33,38);3-12,17-18,28H,13-16H2,1-2H3,(H2,31,32,33). The Balaban J connectivity index is 0.000000171. The number of aromatic nitrogens is 4. The third kappa shape index (κ3) is 11.4. The normalized spacial score (nSPS) is 14.3. The largest absolute Gasteiger partial charge is 0.397 e. The number of thiocarbonyl (C=S) groups is 1. The Morgan fingerprint density at radius 2 is 1.00 bits per heavy atom. The molecule has 0 unspecified atom stereocenters. The van der Waals surface area contributed by atoms with E-state index in [1.165, 1.54) is 34.4 Å². The summed E-state index contributed by atoms with van der Waals surface area (Å²) in [6.07, 6.45) is 0. The van der Waals surface area contributed by atoms with Crippen molar-refractivity contribution in [3.8, 4) is 0 Å². The van der Waals surface area contributed by atoms with Gasteiger partial charge in [0.2, 0.25) is 5.95 Å². The number of H-pyrrole nitrogens is 1. The molecule has 2 aliphatic heterocycles. The van der Waals surface area contributed by atoms with E-state index < -0.39 is 0 Å². The van der Waals surface area contributed by atoms with Crippen molar-refractivity contribution < 1.29 is 17.8 Å². The zero-order chi connectivity index (χ0) is 52.0. The minimum Gasteiger partial charge on any atom is -0.397 e. The molecule has 0 atom stereocenters. The van der Waals surface area contributed by atoms with E-state index in [0.717, 1.165) is 50.6 Å². The number of aryl methyl sites for hydroxylation is 4. The smallest absolute Gasteiger partial charge is 0.205 e. The van der Waals surface area contributed by atoms with Crippen molar-refractivity contribution >= 4 is 68.4 Å². The van der Waals surface area contributed by atoms with E-state index in [9.17, 15) is 0 Å². The number of piperazine rings is 2. The summed E-state index contributed by atoms with van der Waals surface area (Å²) in [6.45, 7) is 13.4. The maximum absolute atomic E-state index is 15.3. The lowest BCUT2D eigenvalue weighted by atomic mass is 9.96. The predicted molar refractivity (Wildman–Crippen MR) is 299 cm³/mol. The van der Waals surface area contributed by atoms with E-state index in [1.54, 1.807) is 13.0 Å². The Labute approximate surface area is 440 Å². The number of imidazole rings is 1. The number of rotatable bonds is 12. The highest BCUT2D eigenvalue weighted by Crippen LogP contribution is 2.36. The summed E-state index contributed by atoms with van der Waals surface area (Å²) >= 11 is 5.40. The highest BCUT2D eigenvalue weighted by molar-refractivity contribution is 7.80. The first-order valence-corrected chi connectivity index (χ1v) is 25.5. The second kappa shape index (κ2) is 22.6. The summed E-state index contributed by atoms with van der Waals surface area (Å²) < 4.78 is 40.9. The monoisotopic (exact) mass is 1030 g/mol. The zero-order valence-corrected chi connectivity index (χ0v) is 43.2. The van der Waals surface area contributed by atoms with Crippen LogP contribution in [0, 0.1) is 39.3 Å². The second-order valence-corrected chi connectivity index (χ2v) is 19.3. The fraction of sp³-hybridized carbons (Fsp3) is 0.241. The van der Waals surface area contributed by atoms with Gasteiger partial charge in [-0.15, -0.1) is 0 Å². The molecule has 3 aromatic heterocycles. The van der Waals surface area contributed by atoms with E-state index in [0.29, 0.717) is 75.7 Å². The average molecular weight is 1030 g/mol. The van der Waals surface area contributed by atoms with Crippen molar-refractivity contribution in [2.24, 2.45) is 0 Å². The molecule has 2 fully saturated rings. The summed E-state index contributed by atoms with van der Waals surface area (Å²) in [4.78, 5) is 16.9. The van der Waals surface area contributed by atoms with Crippen LogP contribution in [0.2, 0.25) is 0 Å². The molecule has 11 rings (SSSR count). The van der Waals surface area contributed by atoms with Crippen molar-refractivity contribution in [1.29, 1.82) is 0 Å². The van der Waals surface area contributed by atoms with Crippen molar-refractivity contribution in [3.63, 3.8) is 0 Å². The number of hydrogen-bond acceptors (Lipinski definition) is 12. The first kappa shape index (κ1) is 50.4. The Kier molecular flexibility index (Phi) is 15.2. The number of nitrogen functional groups attached to an aromatic ring is 1. The SMILES string of the molecule is Cc1noc(C)c1NC(=S)Nc1cc(F)c(N2CCN(C(c3ccccc3)c3ccccc3)CC2)cc1N.Cc1noc(C)c1Nc1nc2cc(N3CCN(C(c4ccccc4)c4ccccc4)CC3)c(F)cc2[nH]1. The van der Waals surface area contributed by atoms with Crippen molar-refractivity contribution in [2.45, 2.75) is 39.8 Å². The van der Waals surface area contributed by atoms with Crippen LogP contribution in [-0.4, -0.2) is 87.6 Å². The first-order chi connectivity index (χ1) is 36.5. The Morgan fingerprint density at radius 1 is 0.573 bits per heavy atom. The fourth-order valence-corrected chi connectivity index (χ4v) is 10.4. The number of halogens is 2. The molecule has 0 amide bonds. The highest BCUT2D eigenvalue weighted by Gasteiger charge is 2.30. The van der Waals surface area contributed by atoms with E-state index in [1.807, 2.05) is 51.1 Å². The van der Waals surface area contributed by atoms with Gasteiger partial charge in [-0.2, -0.15) is 0 Å². The molecule has 0 saturated carbocycles. The van der Waals surface area contributed by atoms with Gasteiger partial charge >= 0.3 is 0 Å². The molecular weight excluding hydrogens is 967 g/mol. The van der Waals surface area contributed by atoms with Gasteiger partial charge in [-0.3, -0.25) is 9.80 Å². The number of nitrogens with zero attached hydrogens (tertiary/aromatic N) is 7. The minimum absolute atomic E-state index is 0.146. The second-order valence-electron chi connectivity index (χ2n) is 18.9. The van der Waals surface area contributed by atoms with Crippen LogP contribution in [0.25, 0.3) is 11.0 Å². The van der Waals surface area contributed by atoms with Crippen LogP contribution in [0.1, 0.15) is 57.2 Å². The van der Waals surface area contributed by atoms with Crippen LogP contribution >= 0.6 is 12.2 Å². The number of fused-ring (bicyclic) bond motifs is 1. The van der Waals surface area contributed by atoms with Crippen LogP contribution in [0.4, 0.5) is 48.9 Å². The third-order valence-electron chi connectivity index (χ3n) is 14.0. The maximum Gasteiger partial charge on any atom is 0.205 e. The zero-order valence-electron chi connectivity index (χ0n) is 42.4. The van der Waals surface area contributed by atoms with Crippen molar-refractivity contribution in [3.05, 3.63) is 202 Å². The quantitative estimate of drug-likeness (QED) is 0.0582. The molecular formula is C58H60F2N12O2S. The molecule has 2 saturated heterocycles. The lowest BCUT2D eigenvalue weighted by Crippen LogP contribution is -2.48. The Bertz CT molecular complexity index is 3240. The van der Waals surface area contributed by atoms with Crippen LogP contribution in [0.5, 0.6) is 0 Å². The van der Waals surface area contributed by atoms with E-state index >= 15 is 8.78 Å². The predicted octanol–water partition coefficient (Wildman–Crippen LogP) is 11.7. The molecule has 0 spiro atoms. The van der Waals surface area contributed by atoms with Gasteiger partial charge in [0.15, 0.2) is 16.6 Å². The topological polar surface area (TPSA) is 156 Å². The molecule has 9 aromatic rings. The Morgan fingerprint density at radius 3 is 1.44 bits per heavy atom. The molecule has 5 heterocycles. The van der Waals surface area contributed by atoms with Crippen LogP contribution in [0.3, 0.4) is 0 Å². The van der Waals surface area contributed by atoms with Crippen LogP contribution < -0.4 is 31.5 Å². The summed E-state index contributed by atoms with van der Waals surface area (Å²) in [5.41, 5.74) is 17.5. The average Bonchev–Trinajstić information content (AvgIpc) is 4.09. The Hall–Kier alpha value is -8.12. The lowest BCUT2D eigenvalue weighted by Gasteiger charge is -2.41. The van der Waals surface area contributed by atoms with Gasteiger partial charge in [-0.25, -0.2) is 13.8 Å². The number of anilines is 7. The first-order valence-electron chi connectivity index (χ1n) is 25.1. The van der Waals surface area contributed by atoms with Gasteiger partial charge < -0.3 is 45.5 Å². The van der Waals surface area contributed by atoms with Crippen LogP contribution in [-0.2, 0) is 0 Å². The van der Waals surface area contributed by atoms with E-state index in [-0.39, 0.29) is 28.8 Å². The third-order valence-corrected chi connectivity index (χ3v) is 14.2. The highest BCUT2D eigenvalue weighted by atomic mass is 32.1. The number of aromatic amines is 1. The molecule has 384 valence electrons. The summed E-state index contributed by atoms with van der Waals surface area (Å²) in [7, 11) is 0. The number of hydrogen-bond donors (Lipinski definition) is 5. The van der Waals surface area contributed by atoms with E-state index in [4.69, 9.17) is 27.0 Å². The number of nitrogens with one attached hydrogen (secondary N) is 4. The molecule has 2 aliphatic rings. The molecule has 0 aliphatic carbocycles. The van der Waals surface area contributed by atoms with Crippen molar-refractivity contribution in [1.82, 2.24) is 30.1 Å². The summed E-state index contributed by atoms with van der Waals surface area (Å²) in [5, 5.41) is 17.4. The molecule has 6 aromatic carbocycles. The number of benzene rings is 6. The van der Waals surface area contributed by atoms with Crippen molar-refractivity contribution in [2.75, 3.05) is 83.8 Å². The lowest BCUT2D eigenvalue weighted by molar-refractivity contribution is 0.212. The summed E-state index contributed by atoms with van der Waals surface area (Å²) in [5.74, 6) is 1.21. The maximum atomic E-state index is 15.3. The van der Waals surface area contributed by atoms with Gasteiger partial charge in [0.1, 0.15) is 34.4 Å². The van der Waals surface area contributed by atoms with Gasteiger partial charge in [0.25, 0.3) is 0 Å².